The van der Waals surface area contributed by atoms with Gasteiger partial charge in [0.25, 0.3) is 5.91 Å². The average Bonchev–Trinajstić information content (AvgIpc) is 2.90. The summed E-state index contributed by atoms with van der Waals surface area (Å²) in [5, 5.41) is 16.5. The van der Waals surface area contributed by atoms with Gasteiger partial charge in [0.15, 0.2) is 6.61 Å². The van der Waals surface area contributed by atoms with Crippen molar-refractivity contribution < 1.29 is 28.7 Å². The molecule has 1 saturated carbocycles. The number of ether oxygens (including phenoxy) is 1. The van der Waals surface area contributed by atoms with Gasteiger partial charge in [-0.1, -0.05) is 41.9 Å². The molecule has 2 aliphatic rings. The van der Waals surface area contributed by atoms with Crippen molar-refractivity contribution in [1.29, 1.82) is 0 Å². The SMILES string of the molecule is Cc1c2c(cc3c(-c4ccccc4)cc(=O)oc13)C(=NOCC(=O)NC(C)C(=O)O)CC1(CCCCC1)O2. The van der Waals surface area contributed by atoms with Gasteiger partial charge < -0.3 is 24.4 Å². The molecule has 1 amide bonds. The number of hydrogen-bond acceptors (Lipinski definition) is 7. The maximum absolute atomic E-state index is 12.6. The molecular weight excluding hydrogens is 488 g/mol. The Balaban J connectivity index is 1.59. The third-order valence-electron chi connectivity index (χ3n) is 7.30. The van der Waals surface area contributed by atoms with Gasteiger partial charge in [0.2, 0.25) is 0 Å². The van der Waals surface area contributed by atoms with E-state index in [-0.39, 0.29) is 0 Å². The number of carboxylic acid groups (broad SMARTS) is 1. The van der Waals surface area contributed by atoms with Crippen LogP contribution in [0.25, 0.3) is 22.1 Å². The van der Waals surface area contributed by atoms with Crippen LogP contribution in [0.4, 0.5) is 0 Å². The molecule has 1 atom stereocenters. The fourth-order valence-electron chi connectivity index (χ4n) is 5.37. The number of nitrogens with zero attached hydrogens (tertiary/aromatic N) is 1. The molecule has 0 saturated heterocycles. The predicted octanol–water partition coefficient (Wildman–Crippen LogP) is 4.56. The summed E-state index contributed by atoms with van der Waals surface area (Å²) < 4.78 is 12.4. The lowest BCUT2D eigenvalue weighted by Gasteiger charge is -2.42. The fourth-order valence-corrected chi connectivity index (χ4v) is 5.37. The van der Waals surface area contributed by atoms with Crippen LogP contribution in [-0.2, 0) is 14.4 Å². The van der Waals surface area contributed by atoms with E-state index in [0.29, 0.717) is 29.0 Å². The molecule has 5 rings (SSSR count). The van der Waals surface area contributed by atoms with Crippen LogP contribution >= 0.6 is 0 Å². The Morgan fingerprint density at radius 1 is 1.13 bits per heavy atom. The zero-order valence-electron chi connectivity index (χ0n) is 21.4. The van der Waals surface area contributed by atoms with Crippen LogP contribution in [0.5, 0.6) is 5.75 Å². The van der Waals surface area contributed by atoms with Crippen LogP contribution < -0.4 is 15.7 Å². The molecule has 2 N–H and O–H groups in total. The van der Waals surface area contributed by atoms with Gasteiger partial charge in [-0.05, 0) is 56.7 Å². The van der Waals surface area contributed by atoms with Crippen LogP contribution in [0.3, 0.4) is 0 Å². The number of fused-ring (bicyclic) bond motifs is 2. The van der Waals surface area contributed by atoms with Crippen molar-refractivity contribution in [2.24, 2.45) is 5.16 Å². The summed E-state index contributed by atoms with van der Waals surface area (Å²) in [4.78, 5) is 41.2. The highest BCUT2D eigenvalue weighted by Crippen LogP contribution is 2.46. The van der Waals surface area contributed by atoms with Crippen molar-refractivity contribution in [2.45, 2.75) is 64.0 Å². The number of amides is 1. The van der Waals surface area contributed by atoms with Crippen molar-refractivity contribution in [1.82, 2.24) is 5.32 Å². The minimum Gasteiger partial charge on any atom is -0.486 e. The van der Waals surface area contributed by atoms with E-state index in [0.717, 1.165) is 54.2 Å². The molecule has 0 radical (unpaired) electrons. The van der Waals surface area contributed by atoms with E-state index in [9.17, 15) is 14.4 Å². The Kier molecular flexibility index (Phi) is 6.93. The van der Waals surface area contributed by atoms with Crippen molar-refractivity contribution in [3.8, 4) is 16.9 Å². The lowest BCUT2D eigenvalue weighted by Crippen LogP contribution is -2.44. The second kappa shape index (κ2) is 10.3. The molecule has 2 heterocycles. The van der Waals surface area contributed by atoms with Gasteiger partial charge in [-0.2, -0.15) is 0 Å². The van der Waals surface area contributed by atoms with Crippen LogP contribution in [0.1, 0.15) is 56.6 Å². The number of carbonyl (C=O) groups excluding carboxylic acids is 1. The van der Waals surface area contributed by atoms with Crippen molar-refractivity contribution >= 4 is 28.6 Å². The molecule has 2 aromatic carbocycles. The number of carbonyl (C=O) groups is 2. The second-order valence-corrected chi connectivity index (χ2v) is 10.1. The molecule has 9 nitrogen and oxygen atoms in total. The first-order valence-corrected chi connectivity index (χ1v) is 12.8. The van der Waals surface area contributed by atoms with Crippen LogP contribution in [0.2, 0.25) is 0 Å². The van der Waals surface area contributed by atoms with Gasteiger partial charge in [0.05, 0.1) is 5.71 Å². The molecular formula is C29H30N2O7. The number of oxime groups is 1. The number of rotatable bonds is 6. The number of carboxylic acids is 1. The van der Waals surface area contributed by atoms with E-state index in [4.69, 9.17) is 19.1 Å². The van der Waals surface area contributed by atoms with Gasteiger partial charge >= 0.3 is 11.6 Å². The highest BCUT2D eigenvalue weighted by molar-refractivity contribution is 6.09. The quantitative estimate of drug-likeness (QED) is 0.362. The highest BCUT2D eigenvalue weighted by atomic mass is 16.6. The molecule has 38 heavy (non-hydrogen) atoms. The van der Waals surface area contributed by atoms with Crippen molar-refractivity contribution in [2.75, 3.05) is 6.61 Å². The van der Waals surface area contributed by atoms with Crippen LogP contribution in [-0.4, -0.2) is 40.9 Å². The lowest BCUT2D eigenvalue weighted by atomic mass is 9.77. The standard InChI is InChI=1S/C29H30N2O7/c1-17-26-21(20(14-25(33)37-26)19-9-5-3-6-10-19)13-22-23(31-36-16-24(32)30-18(2)28(34)35)15-29(38-27(17)22)11-7-4-8-12-29/h3,5-6,9-10,13-14,18H,4,7-8,11-12,15-16H2,1-2H3,(H,30,32)(H,34,35). The number of hydrogen-bond donors (Lipinski definition) is 2. The zero-order valence-corrected chi connectivity index (χ0v) is 21.4. The Morgan fingerprint density at radius 3 is 2.58 bits per heavy atom. The van der Waals surface area contributed by atoms with Gasteiger partial charge in [0, 0.05) is 29.0 Å². The third kappa shape index (κ3) is 5.01. The Morgan fingerprint density at radius 2 is 1.87 bits per heavy atom. The predicted molar refractivity (Wildman–Crippen MR) is 141 cm³/mol. The summed E-state index contributed by atoms with van der Waals surface area (Å²) >= 11 is 0. The maximum Gasteiger partial charge on any atom is 0.336 e. The summed E-state index contributed by atoms with van der Waals surface area (Å²) in [6.45, 7) is 2.84. The fraction of sp³-hybridized carbons (Fsp3) is 0.379. The Bertz CT molecular complexity index is 1470. The normalized spacial score (nSPS) is 18.0. The molecule has 1 aromatic heterocycles. The summed E-state index contributed by atoms with van der Waals surface area (Å²) in [5.74, 6) is -1.11. The average molecular weight is 519 g/mol. The van der Waals surface area contributed by atoms with E-state index < -0.39 is 35.8 Å². The van der Waals surface area contributed by atoms with Crippen LogP contribution in [0, 0.1) is 6.92 Å². The number of aryl methyl sites for hydroxylation is 1. The molecule has 1 aliphatic heterocycles. The van der Waals surface area contributed by atoms with Gasteiger partial charge in [-0.3, -0.25) is 9.59 Å². The van der Waals surface area contributed by atoms with Gasteiger partial charge in [-0.25, -0.2) is 4.79 Å². The smallest absolute Gasteiger partial charge is 0.336 e. The molecule has 3 aromatic rings. The third-order valence-corrected chi connectivity index (χ3v) is 7.30. The Labute approximate surface area is 219 Å². The van der Waals surface area contributed by atoms with Crippen molar-refractivity contribution in [3.63, 3.8) is 0 Å². The summed E-state index contributed by atoms with van der Waals surface area (Å²) in [5.41, 5.74) is 3.25. The van der Waals surface area contributed by atoms with Crippen molar-refractivity contribution in [3.05, 3.63) is 64.0 Å². The topological polar surface area (TPSA) is 127 Å². The molecule has 1 unspecified atom stereocenters. The highest BCUT2D eigenvalue weighted by Gasteiger charge is 2.42. The maximum atomic E-state index is 12.6. The summed E-state index contributed by atoms with van der Waals surface area (Å²) in [6, 6.07) is 12.0. The molecule has 1 aliphatic carbocycles. The molecule has 1 spiro atoms. The van der Waals surface area contributed by atoms with E-state index >= 15 is 0 Å². The molecule has 1 fully saturated rings. The molecule has 198 valence electrons. The van der Waals surface area contributed by atoms with Gasteiger partial charge in [-0.15, -0.1) is 0 Å². The van der Waals surface area contributed by atoms with E-state index in [1.807, 2.05) is 43.3 Å². The second-order valence-electron chi connectivity index (χ2n) is 10.1. The first kappa shape index (κ1) is 25.5. The lowest BCUT2D eigenvalue weighted by molar-refractivity contribution is -0.142. The monoisotopic (exact) mass is 518 g/mol. The van der Waals surface area contributed by atoms with Gasteiger partial charge in [0.1, 0.15) is 23.0 Å². The summed E-state index contributed by atoms with van der Waals surface area (Å²) in [7, 11) is 0. The minimum atomic E-state index is -1.13. The van der Waals surface area contributed by atoms with E-state index in [1.54, 1.807) is 0 Å². The number of nitrogens with one attached hydrogen (secondary N) is 1. The minimum absolute atomic E-state index is 0.416. The Hall–Kier alpha value is -4.14. The first-order chi connectivity index (χ1) is 18.3. The largest absolute Gasteiger partial charge is 0.486 e. The van der Waals surface area contributed by atoms with E-state index in [2.05, 4.69) is 10.5 Å². The first-order valence-electron chi connectivity index (χ1n) is 12.8. The van der Waals surface area contributed by atoms with Crippen LogP contribution in [0.15, 0.2) is 56.8 Å². The number of aliphatic carboxylic acids is 1. The summed E-state index contributed by atoms with van der Waals surface area (Å²) in [6.07, 6.45) is 5.41. The molecule has 9 heteroatoms. The zero-order chi connectivity index (χ0) is 26.9. The number of benzene rings is 2. The molecule has 0 bridgehead atoms. The van der Waals surface area contributed by atoms with E-state index in [1.165, 1.54) is 13.0 Å².